The molecule has 1 atom stereocenters. The summed E-state index contributed by atoms with van der Waals surface area (Å²) in [4.78, 5) is 16.2. The van der Waals surface area contributed by atoms with Gasteiger partial charge < -0.3 is 19.9 Å². The molecular formula is C21H26N4O2. The van der Waals surface area contributed by atoms with E-state index in [1.165, 1.54) is 0 Å². The highest BCUT2D eigenvalue weighted by molar-refractivity contribution is 5.73. The number of hydrogen-bond donors (Lipinski definition) is 1. The molecular weight excluding hydrogens is 340 g/mol. The molecule has 0 saturated heterocycles. The molecule has 0 saturated carbocycles. The number of methoxy groups -OCH3 is 1. The molecule has 1 unspecified atom stereocenters. The van der Waals surface area contributed by atoms with Gasteiger partial charge in [-0.1, -0.05) is 24.3 Å². The lowest BCUT2D eigenvalue weighted by Gasteiger charge is -2.27. The van der Waals surface area contributed by atoms with E-state index in [0.29, 0.717) is 18.7 Å². The van der Waals surface area contributed by atoms with Gasteiger partial charge in [-0.05, 0) is 49.5 Å². The maximum Gasteiger partial charge on any atom is 0.317 e. The first kappa shape index (κ1) is 20.3. The molecule has 0 aliphatic carbocycles. The molecule has 0 heterocycles. The van der Waals surface area contributed by atoms with Crippen molar-refractivity contribution >= 4 is 6.03 Å². The van der Waals surface area contributed by atoms with Gasteiger partial charge in [-0.3, -0.25) is 0 Å². The summed E-state index contributed by atoms with van der Waals surface area (Å²) in [5.41, 5.74) is 2.66. The fourth-order valence-electron chi connectivity index (χ4n) is 2.80. The third-order valence-electron chi connectivity index (χ3n) is 4.40. The number of amides is 2. The van der Waals surface area contributed by atoms with Gasteiger partial charge in [0, 0.05) is 20.1 Å². The largest absolute Gasteiger partial charge is 0.497 e. The number of urea groups is 1. The molecule has 142 valence electrons. The summed E-state index contributed by atoms with van der Waals surface area (Å²) in [6.45, 7) is 0.958. The van der Waals surface area contributed by atoms with Gasteiger partial charge in [-0.15, -0.1) is 0 Å². The molecule has 2 aromatic carbocycles. The van der Waals surface area contributed by atoms with Gasteiger partial charge in [-0.2, -0.15) is 5.26 Å². The van der Waals surface area contributed by atoms with Crippen molar-refractivity contribution in [1.29, 1.82) is 5.26 Å². The zero-order chi connectivity index (χ0) is 19.8. The Bertz CT molecular complexity index is 797. The van der Waals surface area contributed by atoms with Crippen LogP contribution in [0.4, 0.5) is 4.79 Å². The van der Waals surface area contributed by atoms with Crippen LogP contribution < -0.4 is 10.1 Å². The molecule has 2 rings (SSSR count). The summed E-state index contributed by atoms with van der Waals surface area (Å²) in [7, 11) is 7.36. The van der Waals surface area contributed by atoms with Crippen LogP contribution in [0.1, 0.15) is 22.7 Å². The summed E-state index contributed by atoms with van der Waals surface area (Å²) in [5.74, 6) is 0.795. The van der Waals surface area contributed by atoms with E-state index in [1.807, 2.05) is 50.5 Å². The molecule has 2 amide bonds. The van der Waals surface area contributed by atoms with Gasteiger partial charge in [-0.25, -0.2) is 4.79 Å². The zero-order valence-corrected chi connectivity index (χ0v) is 16.3. The normalized spacial score (nSPS) is 11.6. The van der Waals surface area contributed by atoms with Gasteiger partial charge in [0.1, 0.15) is 5.75 Å². The van der Waals surface area contributed by atoms with E-state index < -0.39 is 0 Å². The molecule has 0 fully saturated rings. The highest BCUT2D eigenvalue weighted by Crippen LogP contribution is 2.22. The fourth-order valence-corrected chi connectivity index (χ4v) is 2.80. The van der Waals surface area contributed by atoms with E-state index in [2.05, 4.69) is 16.3 Å². The second kappa shape index (κ2) is 9.60. The standard InChI is InChI=1S/C21H26N4O2/c1-24(2)20(18-6-5-7-19(12-18)27-4)14-23-21(26)25(3)15-17-10-8-16(13-22)9-11-17/h5-12,20H,14-15H2,1-4H3,(H,23,26). The molecule has 1 N–H and O–H groups in total. The molecule has 0 radical (unpaired) electrons. The molecule has 0 bridgehead atoms. The van der Waals surface area contributed by atoms with E-state index in [4.69, 9.17) is 10.00 Å². The number of nitrogens with zero attached hydrogens (tertiary/aromatic N) is 3. The van der Waals surface area contributed by atoms with E-state index in [1.54, 1.807) is 31.2 Å². The maximum atomic E-state index is 12.5. The Balaban J connectivity index is 1.97. The van der Waals surface area contributed by atoms with Crippen molar-refractivity contribution in [3.05, 3.63) is 65.2 Å². The molecule has 27 heavy (non-hydrogen) atoms. The van der Waals surface area contributed by atoms with Gasteiger partial charge in [0.2, 0.25) is 0 Å². The Hall–Kier alpha value is -3.04. The second-order valence-electron chi connectivity index (χ2n) is 6.61. The number of rotatable bonds is 7. The van der Waals surface area contributed by atoms with Crippen molar-refractivity contribution in [2.24, 2.45) is 0 Å². The Kier molecular flexibility index (Phi) is 7.21. The monoisotopic (exact) mass is 366 g/mol. The van der Waals surface area contributed by atoms with E-state index in [9.17, 15) is 4.79 Å². The second-order valence-corrected chi connectivity index (χ2v) is 6.61. The van der Waals surface area contributed by atoms with Gasteiger partial charge in [0.05, 0.1) is 24.8 Å². The van der Waals surface area contributed by atoms with Crippen LogP contribution in [0.5, 0.6) is 5.75 Å². The molecule has 0 spiro atoms. The molecule has 0 aromatic heterocycles. The minimum absolute atomic E-state index is 0.0346. The lowest BCUT2D eigenvalue weighted by atomic mass is 10.1. The first-order chi connectivity index (χ1) is 12.9. The number of nitriles is 1. The number of carbonyl (C=O) groups is 1. The first-order valence-electron chi connectivity index (χ1n) is 8.73. The lowest BCUT2D eigenvalue weighted by molar-refractivity contribution is 0.200. The SMILES string of the molecule is COc1cccc(C(CNC(=O)N(C)Cc2ccc(C#N)cc2)N(C)C)c1. The van der Waals surface area contributed by atoms with Crippen molar-refractivity contribution in [2.75, 3.05) is 34.8 Å². The van der Waals surface area contributed by atoms with Crippen molar-refractivity contribution in [2.45, 2.75) is 12.6 Å². The summed E-state index contributed by atoms with van der Waals surface area (Å²) in [5, 5.41) is 11.9. The van der Waals surface area contributed by atoms with E-state index in [0.717, 1.165) is 16.9 Å². The third kappa shape index (κ3) is 5.73. The molecule has 2 aromatic rings. The third-order valence-corrected chi connectivity index (χ3v) is 4.40. The quantitative estimate of drug-likeness (QED) is 0.818. The van der Waals surface area contributed by atoms with Crippen LogP contribution in [0.15, 0.2) is 48.5 Å². The number of hydrogen-bond acceptors (Lipinski definition) is 4. The van der Waals surface area contributed by atoms with Crippen LogP contribution in [-0.2, 0) is 6.54 Å². The summed E-state index contributed by atoms with van der Waals surface area (Å²) >= 11 is 0. The molecule has 0 aliphatic heterocycles. The smallest absolute Gasteiger partial charge is 0.317 e. The van der Waals surface area contributed by atoms with Crippen molar-refractivity contribution < 1.29 is 9.53 Å². The maximum absolute atomic E-state index is 12.5. The number of likely N-dealkylation sites (N-methyl/N-ethyl adjacent to an activating group) is 1. The fraction of sp³-hybridized carbons (Fsp3) is 0.333. The number of carbonyl (C=O) groups excluding carboxylic acids is 1. The van der Waals surface area contributed by atoms with E-state index in [-0.39, 0.29) is 12.1 Å². The number of benzene rings is 2. The minimum atomic E-state index is -0.144. The number of ether oxygens (including phenoxy) is 1. The predicted molar refractivity (Wildman–Crippen MR) is 105 cm³/mol. The summed E-state index contributed by atoms with van der Waals surface area (Å²) in [6, 6.07) is 17.1. The summed E-state index contributed by atoms with van der Waals surface area (Å²) < 4.78 is 5.30. The predicted octanol–water partition coefficient (Wildman–Crippen LogP) is 3.01. The molecule has 6 nitrogen and oxygen atoms in total. The highest BCUT2D eigenvalue weighted by Gasteiger charge is 2.17. The van der Waals surface area contributed by atoms with Crippen molar-refractivity contribution in [3.63, 3.8) is 0 Å². The van der Waals surface area contributed by atoms with Gasteiger partial charge in [0.25, 0.3) is 0 Å². The highest BCUT2D eigenvalue weighted by atomic mass is 16.5. The Morgan fingerprint density at radius 2 is 1.89 bits per heavy atom. The van der Waals surface area contributed by atoms with Crippen molar-refractivity contribution in [1.82, 2.24) is 15.1 Å². The van der Waals surface area contributed by atoms with Crippen LogP contribution >= 0.6 is 0 Å². The lowest BCUT2D eigenvalue weighted by Crippen LogP contribution is -2.41. The van der Waals surface area contributed by atoms with Crippen LogP contribution in [0.2, 0.25) is 0 Å². The Labute approximate surface area is 161 Å². The van der Waals surface area contributed by atoms with Crippen LogP contribution in [0.25, 0.3) is 0 Å². The Morgan fingerprint density at radius 1 is 1.19 bits per heavy atom. The van der Waals surface area contributed by atoms with Crippen LogP contribution in [-0.4, -0.2) is 50.6 Å². The first-order valence-corrected chi connectivity index (χ1v) is 8.73. The van der Waals surface area contributed by atoms with Crippen LogP contribution in [0, 0.1) is 11.3 Å². The number of nitrogens with one attached hydrogen (secondary N) is 1. The van der Waals surface area contributed by atoms with Crippen molar-refractivity contribution in [3.8, 4) is 11.8 Å². The van der Waals surface area contributed by atoms with Gasteiger partial charge >= 0.3 is 6.03 Å². The van der Waals surface area contributed by atoms with E-state index >= 15 is 0 Å². The topological polar surface area (TPSA) is 68.6 Å². The average molecular weight is 366 g/mol. The molecule has 0 aliphatic rings. The van der Waals surface area contributed by atoms with Crippen LogP contribution in [0.3, 0.4) is 0 Å². The molecule has 6 heteroatoms. The average Bonchev–Trinajstić information content (AvgIpc) is 2.68. The zero-order valence-electron chi connectivity index (χ0n) is 16.3. The minimum Gasteiger partial charge on any atom is -0.497 e. The van der Waals surface area contributed by atoms with Gasteiger partial charge in [0.15, 0.2) is 0 Å². The Morgan fingerprint density at radius 3 is 2.48 bits per heavy atom. The summed E-state index contributed by atoms with van der Waals surface area (Å²) in [6.07, 6.45) is 0.